The Hall–Kier alpha value is -1.24. The van der Waals surface area contributed by atoms with Crippen molar-refractivity contribution in [2.75, 3.05) is 13.2 Å². The van der Waals surface area contributed by atoms with E-state index in [2.05, 4.69) is 15.3 Å². The summed E-state index contributed by atoms with van der Waals surface area (Å²) in [6.45, 7) is 2.24. The monoisotopic (exact) mass is 265 g/mol. The second kappa shape index (κ2) is 5.17. The summed E-state index contributed by atoms with van der Waals surface area (Å²) in [6, 6.07) is 1.87. The van der Waals surface area contributed by atoms with Gasteiger partial charge in [0.2, 0.25) is 0 Å². The van der Waals surface area contributed by atoms with Crippen molar-refractivity contribution in [3.8, 4) is 0 Å². The molecule has 96 valence electrons. The maximum atomic E-state index is 11.7. The van der Waals surface area contributed by atoms with Crippen LogP contribution in [0.3, 0.4) is 0 Å². The van der Waals surface area contributed by atoms with Crippen LogP contribution in [0.5, 0.6) is 0 Å². The number of fused-ring (bicyclic) bond motifs is 1. The number of aromatic amines is 1. The molecule has 18 heavy (non-hydrogen) atoms. The van der Waals surface area contributed by atoms with Crippen molar-refractivity contribution in [3.63, 3.8) is 0 Å². The summed E-state index contributed by atoms with van der Waals surface area (Å²) >= 11 is 1.42. The Bertz CT molecular complexity index is 586. The molecule has 5 nitrogen and oxygen atoms in total. The minimum Gasteiger partial charge on any atom is -0.377 e. The number of thiophene rings is 1. The summed E-state index contributed by atoms with van der Waals surface area (Å²) in [6.07, 6.45) is 2.56. The summed E-state index contributed by atoms with van der Waals surface area (Å²) < 4.78 is 6.21. The quantitative estimate of drug-likeness (QED) is 0.873. The van der Waals surface area contributed by atoms with Gasteiger partial charge in [0.25, 0.3) is 5.56 Å². The Kier molecular flexibility index (Phi) is 3.40. The van der Waals surface area contributed by atoms with Crippen molar-refractivity contribution in [2.45, 2.75) is 25.5 Å². The summed E-state index contributed by atoms with van der Waals surface area (Å²) in [4.78, 5) is 19.0. The lowest BCUT2D eigenvalue weighted by Gasteiger charge is -2.10. The smallest absolute Gasteiger partial charge is 0.268 e. The number of ether oxygens (including phenoxy) is 1. The molecule has 2 aromatic rings. The van der Waals surface area contributed by atoms with Crippen molar-refractivity contribution in [2.24, 2.45) is 0 Å². The van der Waals surface area contributed by atoms with Crippen LogP contribution in [-0.2, 0) is 11.3 Å². The highest BCUT2D eigenvalue weighted by atomic mass is 32.1. The van der Waals surface area contributed by atoms with E-state index >= 15 is 0 Å². The molecule has 0 aromatic carbocycles. The average Bonchev–Trinajstić information content (AvgIpc) is 2.99. The molecule has 0 amide bonds. The predicted molar refractivity (Wildman–Crippen MR) is 70.9 cm³/mol. The third-order valence-corrected chi connectivity index (χ3v) is 3.95. The molecule has 0 saturated carbocycles. The maximum Gasteiger partial charge on any atom is 0.268 e. The fourth-order valence-corrected chi connectivity index (χ4v) is 2.89. The first-order chi connectivity index (χ1) is 8.83. The standard InChI is InChI=1S/C12H15N3O2S/c16-12-11-9(3-5-18-11)14-10(15-12)7-13-6-8-2-1-4-17-8/h3,5,8,13H,1-2,4,6-7H2,(H,14,15,16). The van der Waals surface area contributed by atoms with Gasteiger partial charge in [-0.3, -0.25) is 4.79 Å². The molecular weight excluding hydrogens is 250 g/mol. The Morgan fingerprint density at radius 3 is 3.39 bits per heavy atom. The Morgan fingerprint density at radius 2 is 2.56 bits per heavy atom. The number of aromatic nitrogens is 2. The van der Waals surface area contributed by atoms with E-state index in [0.717, 1.165) is 31.5 Å². The van der Waals surface area contributed by atoms with Gasteiger partial charge in [-0.15, -0.1) is 11.3 Å². The highest BCUT2D eigenvalue weighted by molar-refractivity contribution is 7.17. The fourth-order valence-electron chi connectivity index (χ4n) is 2.16. The van der Waals surface area contributed by atoms with E-state index in [-0.39, 0.29) is 5.56 Å². The molecule has 1 atom stereocenters. The van der Waals surface area contributed by atoms with Gasteiger partial charge >= 0.3 is 0 Å². The maximum absolute atomic E-state index is 11.7. The predicted octanol–water partition coefficient (Wildman–Crippen LogP) is 1.25. The van der Waals surface area contributed by atoms with Crippen LogP contribution in [0, 0.1) is 0 Å². The summed E-state index contributed by atoms with van der Waals surface area (Å²) in [7, 11) is 0. The van der Waals surface area contributed by atoms with Crippen molar-refractivity contribution in [1.82, 2.24) is 15.3 Å². The highest BCUT2D eigenvalue weighted by Crippen LogP contribution is 2.14. The largest absolute Gasteiger partial charge is 0.377 e. The molecule has 6 heteroatoms. The number of nitrogens with zero attached hydrogens (tertiary/aromatic N) is 1. The van der Waals surface area contributed by atoms with Crippen molar-refractivity contribution in [3.05, 3.63) is 27.6 Å². The third-order valence-electron chi connectivity index (χ3n) is 3.05. The minimum atomic E-state index is -0.0519. The molecule has 1 unspecified atom stereocenters. The first-order valence-corrected chi connectivity index (χ1v) is 6.99. The Labute approximate surface area is 108 Å². The molecular formula is C12H15N3O2S. The normalized spacial score (nSPS) is 19.7. The summed E-state index contributed by atoms with van der Waals surface area (Å²) in [5.74, 6) is 0.684. The number of hydrogen-bond donors (Lipinski definition) is 2. The van der Waals surface area contributed by atoms with Gasteiger partial charge in [-0.05, 0) is 24.3 Å². The number of rotatable bonds is 4. The molecule has 0 radical (unpaired) electrons. The van der Waals surface area contributed by atoms with E-state index in [1.54, 1.807) is 0 Å². The lowest BCUT2D eigenvalue weighted by Crippen LogP contribution is -2.27. The van der Waals surface area contributed by atoms with Crippen molar-refractivity contribution < 1.29 is 4.74 Å². The van der Waals surface area contributed by atoms with Crippen LogP contribution in [0.1, 0.15) is 18.7 Å². The van der Waals surface area contributed by atoms with Crippen LogP contribution in [0.4, 0.5) is 0 Å². The van der Waals surface area contributed by atoms with Crippen LogP contribution >= 0.6 is 11.3 Å². The molecule has 1 fully saturated rings. The average molecular weight is 265 g/mol. The lowest BCUT2D eigenvalue weighted by atomic mass is 10.2. The van der Waals surface area contributed by atoms with E-state index in [0.29, 0.717) is 23.2 Å². The minimum absolute atomic E-state index is 0.0519. The summed E-state index contributed by atoms with van der Waals surface area (Å²) in [5, 5.41) is 5.16. The second-order valence-electron chi connectivity index (χ2n) is 4.41. The van der Waals surface area contributed by atoms with Gasteiger partial charge < -0.3 is 15.0 Å². The Morgan fingerprint density at radius 1 is 1.61 bits per heavy atom. The van der Waals surface area contributed by atoms with E-state index in [9.17, 15) is 4.79 Å². The molecule has 0 spiro atoms. The van der Waals surface area contributed by atoms with Crippen LogP contribution in [0.2, 0.25) is 0 Å². The van der Waals surface area contributed by atoms with Crippen molar-refractivity contribution >= 4 is 21.6 Å². The zero-order valence-electron chi connectivity index (χ0n) is 9.94. The lowest BCUT2D eigenvalue weighted by molar-refractivity contribution is 0.110. The fraction of sp³-hybridized carbons (Fsp3) is 0.500. The molecule has 3 heterocycles. The molecule has 2 N–H and O–H groups in total. The molecule has 2 aromatic heterocycles. The zero-order chi connectivity index (χ0) is 12.4. The molecule has 0 aliphatic carbocycles. The number of hydrogen-bond acceptors (Lipinski definition) is 5. The Balaban J connectivity index is 1.65. The SMILES string of the molecule is O=c1[nH]c(CNCC2CCCO2)nc2ccsc12. The van der Waals surface area contributed by atoms with Crippen LogP contribution in [-0.4, -0.2) is 29.2 Å². The van der Waals surface area contributed by atoms with E-state index in [1.165, 1.54) is 11.3 Å². The first-order valence-electron chi connectivity index (χ1n) is 6.11. The molecule has 1 saturated heterocycles. The molecule has 3 rings (SSSR count). The van der Waals surface area contributed by atoms with E-state index in [1.807, 2.05) is 11.4 Å². The topological polar surface area (TPSA) is 67.0 Å². The summed E-state index contributed by atoms with van der Waals surface area (Å²) in [5.41, 5.74) is 0.724. The van der Waals surface area contributed by atoms with Gasteiger partial charge in [-0.2, -0.15) is 0 Å². The molecule has 1 aliphatic rings. The van der Waals surface area contributed by atoms with Gasteiger partial charge in [0.1, 0.15) is 10.5 Å². The highest BCUT2D eigenvalue weighted by Gasteiger charge is 2.14. The van der Waals surface area contributed by atoms with Gasteiger partial charge in [0.05, 0.1) is 18.2 Å². The van der Waals surface area contributed by atoms with E-state index in [4.69, 9.17) is 4.74 Å². The first kappa shape index (κ1) is 11.8. The molecule has 0 bridgehead atoms. The van der Waals surface area contributed by atoms with Crippen LogP contribution in [0.15, 0.2) is 16.2 Å². The van der Waals surface area contributed by atoms with Gasteiger partial charge in [-0.1, -0.05) is 0 Å². The van der Waals surface area contributed by atoms with Gasteiger partial charge in [-0.25, -0.2) is 4.98 Å². The van der Waals surface area contributed by atoms with Crippen LogP contribution in [0.25, 0.3) is 10.2 Å². The second-order valence-corrected chi connectivity index (χ2v) is 5.33. The van der Waals surface area contributed by atoms with Crippen molar-refractivity contribution in [1.29, 1.82) is 0 Å². The number of nitrogens with one attached hydrogen (secondary N) is 2. The van der Waals surface area contributed by atoms with Gasteiger partial charge in [0.15, 0.2) is 0 Å². The molecule has 1 aliphatic heterocycles. The van der Waals surface area contributed by atoms with Crippen LogP contribution < -0.4 is 10.9 Å². The zero-order valence-corrected chi connectivity index (χ0v) is 10.8. The number of H-pyrrole nitrogens is 1. The third kappa shape index (κ3) is 2.45. The van der Waals surface area contributed by atoms with E-state index < -0.39 is 0 Å². The van der Waals surface area contributed by atoms with Gasteiger partial charge in [0, 0.05) is 13.2 Å².